The van der Waals surface area contributed by atoms with E-state index in [0.29, 0.717) is 13.1 Å². The SMILES string of the molecule is CCCN(N)C(=O)OC(CCCCNCCCN)c1ccccc1. The van der Waals surface area contributed by atoms with Gasteiger partial charge in [-0.2, -0.15) is 0 Å². The number of rotatable bonds is 12. The molecule has 0 aliphatic carbocycles. The van der Waals surface area contributed by atoms with E-state index in [9.17, 15) is 4.79 Å². The molecule has 136 valence electrons. The Bertz CT molecular complexity index is 442. The summed E-state index contributed by atoms with van der Waals surface area (Å²) < 4.78 is 5.62. The molecule has 0 aliphatic rings. The molecule has 6 nitrogen and oxygen atoms in total. The van der Waals surface area contributed by atoms with Gasteiger partial charge in [0.05, 0.1) is 0 Å². The summed E-state index contributed by atoms with van der Waals surface area (Å²) in [5.74, 6) is 5.72. The van der Waals surface area contributed by atoms with Gasteiger partial charge in [-0.3, -0.25) is 0 Å². The van der Waals surface area contributed by atoms with Crippen molar-refractivity contribution < 1.29 is 9.53 Å². The minimum Gasteiger partial charge on any atom is -0.440 e. The number of hydrogen-bond acceptors (Lipinski definition) is 5. The highest BCUT2D eigenvalue weighted by Gasteiger charge is 2.19. The number of nitrogens with one attached hydrogen (secondary N) is 1. The highest BCUT2D eigenvalue weighted by atomic mass is 16.6. The molecule has 6 heteroatoms. The minimum absolute atomic E-state index is 0.259. The standard InChI is InChI=1S/C18H32N4O2/c1-2-15-22(20)18(23)24-17(16-9-4-3-5-10-16)11-6-7-13-21-14-8-12-19/h3-5,9-10,17,21H,2,6-8,11-15,19-20H2,1H3. The van der Waals surface area contributed by atoms with Crippen LogP contribution in [0.2, 0.25) is 0 Å². The Morgan fingerprint density at radius 1 is 1.21 bits per heavy atom. The van der Waals surface area contributed by atoms with Crippen molar-refractivity contribution >= 4 is 6.09 Å². The Balaban J connectivity index is 2.46. The van der Waals surface area contributed by atoms with Gasteiger partial charge >= 0.3 is 6.09 Å². The molecule has 1 amide bonds. The van der Waals surface area contributed by atoms with Gasteiger partial charge in [0.15, 0.2) is 0 Å². The summed E-state index contributed by atoms with van der Waals surface area (Å²) in [6.07, 6.45) is 3.86. The fourth-order valence-electron chi connectivity index (χ4n) is 2.41. The topological polar surface area (TPSA) is 93.6 Å². The van der Waals surface area contributed by atoms with Crippen molar-refractivity contribution in [1.82, 2.24) is 10.3 Å². The first kappa shape index (κ1) is 20.4. The van der Waals surface area contributed by atoms with E-state index in [4.69, 9.17) is 16.3 Å². The Morgan fingerprint density at radius 2 is 1.92 bits per heavy atom. The molecule has 0 aliphatic heterocycles. The fraction of sp³-hybridized carbons (Fsp3) is 0.611. The second-order valence-electron chi connectivity index (χ2n) is 5.86. The average molecular weight is 336 g/mol. The van der Waals surface area contributed by atoms with Crippen molar-refractivity contribution in [3.8, 4) is 0 Å². The molecule has 0 saturated carbocycles. The molecule has 5 N–H and O–H groups in total. The summed E-state index contributed by atoms with van der Waals surface area (Å²) in [5, 5.41) is 4.50. The molecule has 1 aromatic carbocycles. The van der Waals surface area contributed by atoms with Crippen LogP contribution in [0, 0.1) is 0 Å². The number of ether oxygens (including phenoxy) is 1. The van der Waals surface area contributed by atoms with Crippen molar-refractivity contribution in [3.63, 3.8) is 0 Å². The summed E-state index contributed by atoms with van der Waals surface area (Å²) in [6, 6.07) is 9.83. The van der Waals surface area contributed by atoms with E-state index >= 15 is 0 Å². The fourth-order valence-corrected chi connectivity index (χ4v) is 2.41. The van der Waals surface area contributed by atoms with Crippen LogP contribution >= 0.6 is 0 Å². The van der Waals surface area contributed by atoms with Gasteiger partial charge in [-0.1, -0.05) is 37.3 Å². The molecular formula is C18H32N4O2. The zero-order valence-electron chi connectivity index (χ0n) is 14.7. The van der Waals surface area contributed by atoms with E-state index in [0.717, 1.165) is 55.8 Å². The van der Waals surface area contributed by atoms with Crippen LogP contribution in [0.3, 0.4) is 0 Å². The number of unbranched alkanes of at least 4 members (excludes halogenated alkanes) is 1. The minimum atomic E-state index is -0.466. The monoisotopic (exact) mass is 336 g/mol. The quantitative estimate of drug-likeness (QED) is 0.236. The molecule has 1 unspecified atom stereocenters. The van der Waals surface area contributed by atoms with Gasteiger partial charge in [0.25, 0.3) is 0 Å². The second-order valence-corrected chi connectivity index (χ2v) is 5.86. The third-order valence-corrected chi connectivity index (χ3v) is 3.74. The first-order valence-corrected chi connectivity index (χ1v) is 8.87. The molecule has 0 radical (unpaired) electrons. The van der Waals surface area contributed by atoms with Crippen LogP contribution in [0.5, 0.6) is 0 Å². The molecule has 1 rings (SSSR count). The number of benzene rings is 1. The maximum atomic E-state index is 12.1. The molecule has 0 heterocycles. The van der Waals surface area contributed by atoms with Crippen molar-refractivity contribution in [1.29, 1.82) is 0 Å². The number of carbonyl (C=O) groups excluding carboxylic acids is 1. The number of carbonyl (C=O) groups is 1. The maximum Gasteiger partial charge on any atom is 0.424 e. The Morgan fingerprint density at radius 3 is 2.58 bits per heavy atom. The summed E-state index contributed by atoms with van der Waals surface area (Å²) in [7, 11) is 0. The van der Waals surface area contributed by atoms with Crippen molar-refractivity contribution in [2.75, 3.05) is 26.2 Å². The Labute approximate surface area is 145 Å². The van der Waals surface area contributed by atoms with Crippen molar-refractivity contribution in [2.24, 2.45) is 11.6 Å². The van der Waals surface area contributed by atoms with E-state index in [1.165, 1.54) is 0 Å². The van der Waals surface area contributed by atoms with Gasteiger partial charge in [0, 0.05) is 6.54 Å². The lowest BCUT2D eigenvalue weighted by Gasteiger charge is -2.22. The first-order valence-electron chi connectivity index (χ1n) is 8.87. The van der Waals surface area contributed by atoms with Crippen LogP contribution in [0.4, 0.5) is 4.79 Å². The van der Waals surface area contributed by atoms with Crippen LogP contribution in [0.1, 0.15) is 50.7 Å². The van der Waals surface area contributed by atoms with Gasteiger partial charge in [-0.05, 0) is 57.3 Å². The predicted octanol–water partition coefficient (Wildman–Crippen LogP) is 2.56. The third-order valence-electron chi connectivity index (χ3n) is 3.74. The van der Waals surface area contributed by atoms with Crippen molar-refractivity contribution in [2.45, 2.75) is 45.1 Å². The van der Waals surface area contributed by atoms with E-state index in [2.05, 4.69) is 5.32 Å². The zero-order valence-corrected chi connectivity index (χ0v) is 14.7. The Hall–Kier alpha value is -1.63. The van der Waals surface area contributed by atoms with Crippen LogP contribution < -0.4 is 16.9 Å². The van der Waals surface area contributed by atoms with Gasteiger partial charge in [0.1, 0.15) is 6.10 Å². The smallest absolute Gasteiger partial charge is 0.424 e. The predicted molar refractivity (Wildman–Crippen MR) is 97.2 cm³/mol. The van der Waals surface area contributed by atoms with Crippen LogP contribution in [-0.2, 0) is 4.74 Å². The van der Waals surface area contributed by atoms with Gasteiger partial charge in [-0.25, -0.2) is 15.6 Å². The van der Waals surface area contributed by atoms with Crippen molar-refractivity contribution in [3.05, 3.63) is 35.9 Å². The Kier molecular flexibility index (Phi) is 10.8. The number of amides is 1. The summed E-state index contributed by atoms with van der Waals surface area (Å²) >= 11 is 0. The lowest BCUT2D eigenvalue weighted by molar-refractivity contribution is 0.0570. The van der Waals surface area contributed by atoms with E-state index in [-0.39, 0.29) is 6.10 Å². The largest absolute Gasteiger partial charge is 0.440 e. The molecule has 0 fully saturated rings. The lowest BCUT2D eigenvalue weighted by atomic mass is 10.0. The summed E-state index contributed by atoms with van der Waals surface area (Å²) in [6.45, 7) is 5.08. The molecular weight excluding hydrogens is 304 g/mol. The summed E-state index contributed by atoms with van der Waals surface area (Å²) in [4.78, 5) is 12.1. The normalized spacial score (nSPS) is 12.0. The highest BCUT2D eigenvalue weighted by molar-refractivity contribution is 5.67. The zero-order chi connectivity index (χ0) is 17.6. The maximum absolute atomic E-state index is 12.1. The van der Waals surface area contributed by atoms with E-state index < -0.39 is 6.09 Å². The van der Waals surface area contributed by atoms with E-state index in [1.54, 1.807) is 0 Å². The molecule has 0 spiro atoms. The molecule has 0 saturated heterocycles. The van der Waals surface area contributed by atoms with Gasteiger partial charge in [0.2, 0.25) is 0 Å². The molecule has 1 atom stereocenters. The molecule has 1 aromatic rings. The second kappa shape index (κ2) is 12.8. The van der Waals surface area contributed by atoms with E-state index in [1.807, 2.05) is 37.3 Å². The van der Waals surface area contributed by atoms with Crippen LogP contribution in [0.25, 0.3) is 0 Å². The first-order chi connectivity index (χ1) is 11.7. The number of hydrazine groups is 1. The summed E-state index contributed by atoms with van der Waals surface area (Å²) in [5.41, 5.74) is 6.47. The third kappa shape index (κ3) is 8.29. The highest BCUT2D eigenvalue weighted by Crippen LogP contribution is 2.24. The number of nitrogens with two attached hydrogens (primary N) is 2. The molecule has 0 aromatic heterocycles. The average Bonchev–Trinajstić information content (AvgIpc) is 2.60. The molecule has 0 bridgehead atoms. The van der Waals surface area contributed by atoms with Crippen LogP contribution in [-0.4, -0.2) is 37.3 Å². The van der Waals surface area contributed by atoms with Crippen LogP contribution in [0.15, 0.2) is 30.3 Å². The van der Waals surface area contributed by atoms with Gasteiger partial charge < -0.3 is 15.8 Å². The lowest BCUT2D eigenvalue weighted by Crippen LogP contribution is -2.39. The number of nitrogens with zero attached hydrogens (tertiary/aromatic N) is 1. The molecule has 24 heavy (non-hydrogen) atoms. The number of hydrogen-bond donors (Lipinski definition) is 3. The van der Waals surface area contributed by atoms with Gasteiger partial charge in [-0.15, -0.1) is 0 Å².